The molecule has 0 aromatic heterocycles. The number of hydrogen-bond donors (Lipinski definition) is 2. The minimum atomic E-state index is -4.77. The fraction of sp³-hybridized carbons (Fsp3) is 0.381. The number of nitrogens with one attached hydrogen (secondary N) is 2. The summed E-state index contributed by atoms with van der Waals surface area (Å²) in [6, 6.07) is 9.94. The van der Waals surface area contributed by atoms with Gasteiger partial charge in [0.1, 0.15) is 11.5 Å². The van der Waals surface area contributed by atoms with Gasteiger partial charge in [-0.25, -0.2) is 4.79 Å². The number of rotatable bonds is 7. The second-order valence-corrected chi connectivity index (χ2v) is 11.8. The van der Waals surface area contributed by atoms with Crippen molar-refractivity contribution in [2.24, 2.45) is 0 Å². The van der Waals surface area contributed by atoms with Gasteiger partial charge >= 0.3 is 12.4 Å². The molecule has 1 aliphatic heterocycles. The first kappa shape index (κ1) is 26.1. The predicted octanol–water partition coefficient (Wildman–Crippen LogP) is 7.27. The van der Waals surface area contributed by atoms with Gasteiger partial charge in [0.2, 0.25) is 4.27 Å². The summed E-state index contributed by atoms with van der Waals surface area (Å²) in [6.07, 6.45) is 4.21. The summed E-state index contributed by atoms with van der Waals surface area (Å²) >= 11 is 6.83. The summed E-state index contributed by atoms with van der Waals surface area (Å²) in [5.74, 6) is 0.417. The van der Waals surface area contributed by atoms with E-state index in [1.165, 1.54) is 12.1 Å². The van der Waals surface area contributed by atoms with Gasteiger partial charge < -0.3 is 20.1 Å². The molecule has 1 heterocycles. The largest absolute Gasteiger partial charge is 0.573 e. The fourth-order valence-corrected chi connectivity index (χ4v) is 7.59. The number of ether oxygens (including phenoxy) is 2. The van der Waals surface area contributed by atoms with Crippen LogP contribution in [0.3, 0.4) is 0 Å². The molecular formula is C21H23F3N2O3S4. The molecule has 0 saturated carbocycles. The maximum atomic E-state index is 12.5. The average molecular weight is 537 g/mol. The number of anilines is 2. The molecule has 0 saturated heterocycles. The number of benzene rings is 2. The molecular weight excluding hydrogens is 514 g/mol. The molecule has 0 bridgehead atoms. The molecule has 0 aliphatic carbocycles. The zero-order valence-corrected chi connectivity index (χ0v) is 21.5. The van der Waals surface area contributed by atoms with Crippen molar-refractivity contribution in [2.75, 3.05) is 35.7 Å². The van der Waals surface area contributed by atoms with E-state index < -0.39 is 16.7 Å². The van der Waals surface area contributed by atoms with Gasteiger partial charge in [-0.2, -0.15) is 0 Å². The van der Waals surface area contributed by atoms with E-state index in [0.29, 0.717) is 11.4 Å². The lowest BCUT2D eigenvalue weighted by atomic mass is 10.0. The summed E-state index contributed by atoms with van der Waals surface area (Å²) < 4.78 is 46.4. The van der Waals surface area contributed by atoms with Crippen LogP contribution < -0.4 is 20.1 Å². The van der Waals surface area contributed by atoms with Crippen LogP contribution in [-0.2, 0) is 4.08 Å². The summed E-state index contributed by atoms with van der Waals surface area (Å²) in [4.78, 5) is 12.5. The number of urea groups is 1. The molecule has 12 heteroatoms. The Labute approximate surface area is 207 Å². The highest BCUT2D eigenvalue weighted by Crippen LogP contribution is 2.61. The zero-order chi connectivity index (χ0) is 24.3. The minimum Gasteiger partial charge on any atom is -0.467 e. The topological polar surface area (TPSA) is 59.6 Å². The summed E-state index contributed by atoms with van der Waals surface area (Å²) in [5, 5.41) is 5.39. The van der Waals surface area contributed by atoms with Gasteiger partial charge in [0, 0.05) is 23.4 Å². The van der Waals surface area contributed by atoms with Crippen LogP contribution in [0.15, 0.2) is 42.5 Å². The van der Waals surface area contributed by atoms with Crippen molar-refractivity contribution in [1.82, 2.24) is 0 Å². The second kappa shape index (κ2) is 10.4. The third kappa shape index (κ3) is 6.14. The number of fused-ring (bicyclic) bond motifs is 1. The van der Waals surface area contributed by atoms with E-state index in [2.05, 4.69) is 27.9 Å². The Balaban J connectivity index is 1.76. The third-order valence-corrected chi connectivity index (χ3v) is 10.7. The highest BCUT2D eigenvalue weighted by atomic mass is 32.2. The lowest BCUT2D eigenvalue weighted by molar-refractivity contribution is -0.274. The van der Waals surface area contributed by atoms with E-state index in [-0.39, 0.29) is 9.83 Å². The Morgan fingerprint density at radius 3 is 2.06 bits per heavy atom. The predicted molar refractivity (Wildman–Crippen MR) is 136 cm³/mol. The van der Waals surface area contributed by atoms with Gasteiger partial charge in [0.05, 0.1) is 4.08 Å². The Morgan fingerprint density at radius 1 is 0.939 bits per heavy atom. The SMILES string of the molecule is CSC1(SC)CC(SC)(SC)c2cc(NC(=O)Nc3ccc(OC(F)(F)F)cc3)ccc2O1. The van der Waals surface area contributed by atoms with E-state index in [1.807, 2.05) is 24.6 Å². The van der Waals surface area contributed by atoms with Gasteiger partial charge in [0.15, 0.2) is 0 Å². The highest BCUT2D eigenvalue weighted by Gasteiger charge is 2.49. The van der Waals surface area contributed by atoms with Crippen LogP contribution in [-0.4, -0.2) is 41.7 Å². The number of amides is 2. The van der Waals surface area contributed by atoms with Crippen molar-refractivity contribution in [3.8, 4) is 11.5 Å². The molecule has 2 aromatic carbocycles. The molecule has 5 nitrogen and oxygen atoms in total. The van der Waals surface area contributed by atoms with Crippen LogP contribution in [0.1, 0.15) is 12.0 Å². The molecule has 0 atom stereocenters. The Morgan fingerprint density at radius 2 is 1.52 bits per heavy atom. The maximum Gasteiger partial charge on any atom is 0.573 e. The highest BCUT2D eigenvalue weighted by molar-refractivity contribution is 8.18. The van der Waals surface area contributed by atoms with Crippen molar-refractivity contribution < 1.29 is 27.4 Å². The van der Waals surface area contributed by atoms with E-state index >= 15 is 0 Å². The average Bonchev–Trinajstić information content (AvgIpc) is 2.78. The number of alkyl halides is 3. The minimum absolute atomic E-state index is 0.248. The van der Waals surface area contributed by atoms with Crippen molar-refractivity contribution in [3.63, 3.8) is 0 Å². The van der Waals surface area contributed by atoms with Crippen LogP contribution >= 0.6 is 47.0 Å². The molecule has 2 amide bonds. The smallest absolute Gasteiger partial charge is 0.467 e. The first-order valence-electron chi connectivity index (χ1n) is 9.55. The molecule has 1 aliphatic rings. The van der Waals surface area contributed by atoms with Crippen LogP contribution in [0, 0.1) is 0 Å². The lowest BCUT2D eigenvalue weighted by Crippen LogP contribution is -2.40. The molecule has 33 heavy (non-hydrogen) atoms. The van der Waals surface area contributed by atoms with Crippen LogP contribution in [0.4, 0.5) is 29.3 Å². The summed E-state index contributed by atoms with van der Waals surface area (Å²) in [6.45, 7) is 0. The monoisotopic (exact) mass is 536 g/mol. The molecule has 3 rings (SSSR count). The quantitative estimate of drug-likeness (QED) is 0.361. The first-order chi connectivity index (χ1) is 15.6. The van der Waals surface area contributed by atoms with E-state index in [4.69, 9.17) is 4.74 Å². The number of thioether (sulfide) groups is 4. The summed E-state index contributed by atoms with van der Waals surface area (Å²) in [7, 11) is 0. The van der Waals surface area contributed by atoms with Gasteiger partial charge in [-0.15, -0.1) is 60.2 Å². The van der Waals surface area contributed by atoms with Crippen molar-refractivity contribution in [3.05, 3.63) is 48.0 Å². The first-order valence-corrected chi connectivity index (χ1v) is 14.5. The normalized spacial score (nSPS) is 16.3. The van der Waals surface area contributed by atoms with Gasteiger partial charge in [-0.05, 0) is 67.5 Å². The second-order valence-electron chi connectivity index (χ2n) is 6.89. The number of carbonyl (C=O) groups is 1. The molecule has 0 unspecified atom stereocenters. The van der Waals surface area contributed by atoms with Gasteiger partial charge in [-0.1, -0.05) is 0 Å². The molecule has 0 fully saturated rings. The number of hydrogen-bond acceptors (Lipinski definition) is 7. The molecule has 180 valence electrons. The van der Waals surface area contributed by atoms with E-state index in [1.54, 1.807) is 53.1 Å². The van der Waals surface area contributed by atoms with E-state index in [9.17, 15) is 18.0 Å². The third-order valence-electron chi connectivity index (χ3n) is 4.99. The van der Waals surface area contributed by atoms with Gasteiger partial charge in [0.25, 0.3) is 0 Å². The van der Waals surface area contributed by atoms with Crippen molar-refractivity contribution in [1.29, 1.82) is 0 Å². The van der Waals surface area contributed by atoms with Crippen LogP contribution in [0.25, 0.3) is 0 Å². The maximum absolute atomic E-state index is 12.5. The fourth-order valence-electron chi connectivity index (χ4n) is 3.37. The lowest BCUT2D eigenvalue weighted by Gasteiger charge is -2.45. The molecule has 0 spiro atoms. The summed E-state index contributed by atoms with van der Waals surface area (Å²) in [5.41, 5.74) is 1.91. The number of carbonyl (C=O) groups excluding carboxylic acids is 1. The van der Waals surface area contributed by atoms with E-state index in [0.717, 1.165) is 29.9 Å². The van der Waals surface area contributed by atoms with Gasteiger partial charge in [-0.3, -0.25) is 0 Å². The molecule has 2 N–H and O–H groups in total. The Bertz CT molecular complexity index is 982. The zero-order valence-electron chi connectivity index (χ0n) is 18.2. The van der Waals surface area contributed by atoms with Crippen LogP contribution in [0.5, 0.6) is 11.5 Å². The van der Waals surface area contributed by atoms with Crippen LogP contribution in [0.2, 0.25) is 0 Å². The standard InChI is InChI=1S/C21H23F3N2O3S4/c1-30-19(31-2)12-20(32-3,33-4)29-17-10-7-14(11-16(17)19)26-18(27)25-13-5-8-15(9-6-13)28-21(22,23)24/h5-11H,12H2,1-4H3,(H2,25,26,27). The molecule has 2 aromatic rings. The van der Waals surface area contributed by atoms with Crippen molar-refractivity contribution in [2.45, 2.75) is 21.1 Å². The Hall–Kier alpha value is -1.50. The number of halogens is 3. The Kier molecular flexibility index (Phi) is 8.24. The molecule has 0 radical (unpaired) electrons. The van der Waals surface area contributed by atoms with Crippen molar-refractivity contribution >= 4 is 64.5 Å².